The van der Waals surface area contributed by atoms with Crippen LogP contribution in [0.4, 0.5) is 0 Å². The zero-order valence-corrected chi connectivity index (χ0v) is 9.28. The summed E-state index contributed by atoms with van der Waals surface area (Å²) in [6.07, 6.45) is 0. The van der Waals surface area contributed by atoms with E-state index in [-0.39, 0.29) is 4.21 Å². The number of methoxy groups -OCH3 is 1. The van der Waals surface area contributed by atoms with E-state index >= 15 is 0 Å². The number of hydrogen-bond acceptors (Lipinski definition) is 4. The molecule has 1 aromatic heterocycles. The number of thiophene rings is 1. The Labute approximate surface area is 81.8 Å². The zero-order valence-electron chi connectivity index (χ0n) is 7.64. The predicted molar refractivity (Wildman–Crippen MR) is 51.7 cm³/mol. The van der Waals surface area contributed by atoms with Crippen molar-refractivity contribution >= 4 is 21.4 Å². The fourth-order valence-corrected chi connectivity index (χ4v) is 3.21. The molecule has 0 aliphatic carbocycles. The first-order valence-corrected chi connectivity index (χ1v) is 5.86. The molecule has 0 aliphatic heterocycles. The molecule has 0 radical (unpaired) electrons. The average molecular weight is 221 g/mol. The lowest BCUT2D eigenvalue weighted by molar-refractivity contribution is 0.404. The summed E-state index contributed by atoms with van der Waals surface area (Å²) in [5, 5.41) is 1.69. The van der Waals surface area contributed by atoms with Gasteiger partial charge in [0.05, 0.1) is 7.11 Å². The second-order valence-corrected chi connectivity index (χ2v) is 5.83. The molecular formula is C7H11NO3S2. The molecule has 0 unspecified atom stereocenters. The van der Waals surface area contributed by atoms with Gasteiger partial charge in [-0.2, -0.15) is 0 Å². The highest BCUT2D eigenvalue weighted by molar-refractivity contribution is 7.91. The van der Waals surface area contributed by atoms with E-state index in [2.05, 4.69) is 0 Å². The Hall–Kier alpha value is -0.590. The van der Waals surface area contributed by atoms with Crippen molar-refractivity contribution < 1.29 is 13.2 Å². The maximum atomic E-state index is 11.6. The third-order valence-corrected chi connectivity index (χ3v) is 4.77. The molecule has 13 heavy (non-hydrogen) atoms. The van der Waals surface area contributed by atoms with Crippen molar-refractivity contribution in [2.24, 2.45) is 0 Å². The topological polar surface area (TPSA) is 46.6 Å². The molecule has 0 aliphatic rings. The van der Waals surface area contributed by atoms with Gasteiger partial charge in [0, 0.05) is 14.1 Å². The van der Waals surface area contributed by atoms with Crippen molar-refractivity contribution in [3.05, 3.63) is 11.4 Å². The Morgan fingerprint density at radius 3 is 2.54 bits per heavy atom. The summed E-state index contributed by atoms with van der Waals surface area (Å²) in [6, 6.07) is 1.64. The monoisotopic (exact) mass is 221 g/mol. The molecule has 0 spiro atoms. The van der Waals surface area contributed by atoms with Crippen molar-refractivity contribution in [1.82, 2.24) is 4.31 Å². The lowest BCUT2D eigenvalue weighted by atomic mass is 10.6. The van der Waals surface area contributed by atoms with Gasteiger partial charge in [-0.05, 0) is 11.4 Å². The van der Waals surface area contributed by atoms with Gasteiger partial charge in [0.1, 0.15) is 5.75 Å². The van der Waals surface area contributed by atoms with Crippen LogP contribution in [0.1, 0.15) is 0 Å². The molecule has 1 rings (SSSR count). The van der Waals surface area contributed by atoms with Crippen molar-refractivity contribution in [3.63, 3.8) is 0 Å². The third-order valence-electron chi connectivity index (χ3n) is 1.53. The summed E-state index contributed by atoms with van der Waals surface area (Å²) >= 11 is 1.15. The van der Waals surface area contributed by atoms with E-state index in [9.17, 15) is 8.42 Å². The lowest BCUT2D eigenvalue weighted by Crippen LogP contribution is -2.21. The first-order valence-electron chi connectivity index (χ1n) is 3.54. The van der Waals surface area contributed by atoms with Gasteiger partial charge >= 0.3 is 0 Å². The quantitative estimate of drug-likeness (QED) is 0.765. The third kappa shape index (κ3) is 1.84. The Bertz CT molecular complexity index is 380. The highest BCUT2D eigenvalue weighted by Crippen LogP contribution is 2.30. The van der Waals surface area contributed by atoms with E-state index in [1.807, 2.05) is 0 Å². The van der Waals surface area contributed by atoms with E-state index in [1.165, 1.54) is 25.5 Å². The van der Waals surface area contributed by atoms with Crippen LogP contribution >= 0.6 is 11.3 Å². The summed E-state index contributed by atoms with van der Waals surface area (Å²) in [4.78, 5) is 0. The van der Waals surface area contributed by atoms with Crippen LogP contribution in [0.3, 0.4) is 0 Å². The Kier molecular flexibility index (Phi) is 2.94. The molecular weight excluding hydrogens is 210 g/mol. The molecule has 0 saturated carbocycles. The van der Waals surface area contributed by atoms with Crippen LogP contribution in [-0.4, -0.2) is 33.9 Å². The van der Waals surface area contributed by atoms with Crippen LogP contribution < -0.4 is 4.74 Å². The minimum Gasteiger partial charge on any atom is -0.494 e. The van der Waals surface area contributed by atoms with Gasteiger partial charge in [0.15, 0.2) is 4.21 Å². The van der Waals surface area contributed by atoms with E-state index in [0.29, 0.717) is 5.75 Å². The molecule has 0 aromatic carbocycles. The number of nitrogens with zero attached hydrogens (tertiary/aromatic N) is 1. The molecule has 4 nitrogen and oxygen atoms in total. The van der Waals surface area contributed by atoms with E-state index < -0.39 is 10.0 Å². The lowest BCUT2D eigenvalue weighted by Gasteiger charge is -2.10. The van der Waals surface area contributed by atoms with Gasteiger partial charge in [-0.1, -0.05) is 0 Å². The summed E-state index contributed by atoms with van der Waals surface area (Å²) in [6.45, 7) is 0. The first kappa shape index (κ1) is 10.5. The van der Waals surface area contributed by atoms with E-state index in [0.717, 1.165) is 11.3 Å². The number of rotatable bonds is 3. The molecule has 74 valence electrons. The molecule has 1 aromatic rings. The van der Waals surface area contributed by atoms with Crippen molar-refractivity contribution in [2.45, 2.75) is 4.21 Å². The minimum atomic E-state index is -3.35. The van der Waals surface area contributed by atoms with E-state index in [4.69, 9.17) is 4.74 Å². The van der Waals surface area contributed by atoms with Crippen LogP contribution in [0.2, 0.25) is 0 Å². The second kappa shape index (κ2) is 3.65. The second-order valence-electron chi connectivity index (χ2n) is 2.56. The molecule has 1 heterocycles. The summed E-state index contributed by atoms with van der Waals surface area (Å²) in [5.41, 5.74) is 0. The minimum absolute atomic E-state index is 0.250. The van der Waals surface area contributed by atoms with Crippen molar-refractivity contribution in [3.8, 4) is 5.75 Å². The molecule has 0 amide bonds. The summed E-state index contributed by atoms with van der Waals surface area (Å²) in [7, 11) is 1.09. The number of hydrogen-bond donors (Lipinski definition) is 0. The largest absolute Gasteiger partial charge is 0.494 e. The normalized spacial score (nSPS) is 12.0. The van der Waals surface area contributed by atoms with Gasteiger partial charge < -0.3 is 4.74 Å². The maximum absolute atomic E-state index is 11.6. The van der Waals surface area contributed by atoms with Crippen LogP contribution in [0.5, 0.6) is 5.75 Å². The predicted octanol–water partition coefficient (Wildman–Crippen LogP) is 1.01. The average Bonchev–Trinajstić information content (AvgIpc) is 2.51. The maximum Gasteiger partial charge on any atom is 0.255 e. The molecule has 0 bridgehead atoms. The molecule has 0 N–H and O–H groups in total. The van der Waals surface area contributed by atoms with Crippen LogP contribution in [0.25, 0.3) is 0 Å². The van der Waals surface area contributed by atoms with Crippen molar-refractivity contribution in [2.75, 3.05) is 21.2 Å². The molecule has 0 saturated heterocycles. The molecule has 6 heteroatoms. The van der Waals surface area contributed by atoms with Crippen LogP contribution in [0.15, 0.2) is 15.7 Å². The van der Waals surface area contributed by atoms with E-state index in [1.54, 1.807) is 11.4 Å². The Morgan fingerprint density at radius 2 is 2.08 bits per heavy atom. The van der Waals surface area contributed by atoms with Crippen LogP contribution in [-0.2, 0) is 10.0 Å². The highest BCUT2D eigenvalue weighted by atomic mass is 32.2. The fraction of sp³-hybridized carbons (Fsp3) is 0.429. The number of ether oxygens (including phenoxy) is 1. The summed E-state index contributed by atoms with van der Waals surface area (Å²) < 4.78 is 29.6. The molecule has 0 fully saturated rings. The molecule has 0 atom stereocenters. The smallest absolute Gasteiger partial charge is 0.255 e. The standard InChI is InChI=1S/C7H11NO3S2/c1-8(2)13(9,10)7-6(11-3)4-5-12-7/h4-5H,1-3H3. The fourth-order valence-electron chi connectivity index (χ4n) is 0.789. The van der Waals surface area contributed by atoms with Gasteiger partial charge in [0.2, 0.25) is 0 Å². The van der Waals surface area contributed by atoms with Crippen molar-refractivity contribution in [1.29, 1.82) is 0 Å². The van der Waals surface area contributed by atoms with Gasteiger partial charge in [-0.3, -0.25) is 0 Å². The Balaban J connectivity index is 3.22. The van der Waals surface area contributed by atoms with Gasteiger partial charge in [0.25, 0.3) is 10.0 Å². The SMILES string of the molecule is COc1ccsc1S(=O)(=O)N(C)C. The summed E-state index contributed by atoms with van der Waals surface area (Å²) in [5.74, 6) is 0.402. The highest BCUT2D eigenvalue weighted by Gasteiger charge is 2.23. The zero-order chi connectivity index (χ0) is 10.1. The van der Waals surface area contributed by atoms with Gasteiger partial charge in [-0.15, -0.1) is 11.3 Å². The number of sulfonamides is 1. The van der Waals surface area contributed by atoms with Crippen LogP contribution in [0, 0.1) is 0 Å². The van der Waals surface area contributed by atoms with Gasteiger partial charge in [-0.25, -0.2) is 12.7 Å². The first-order chi connectivity index (χ1) is 6.00. The Morgan fingerprint density at radius 1 is 1.46 bits per heavy atom.